The van der Waals surface area contributed by atoms with E-state index in [-0.39, 0.29) is 11.7 Å². The van der Waals surface area contributed by atoms with Gasteiger partial charge in [0.2, 0.25) is 0 Å². The van der Waals surface area contributed by atoms with Crippen LogP contribution in [-0.4, -0.2) is 23.4 Å². The SMILES string of the molecule is CC(O)COC1(C(C)C)CCCC1. The Morgan fingerprint density at radius 1 is 1.23 bits per heavy atom. The van der Waals surface area contributed by atoms with Crippen LogP contribution in [0.25, 0.3) is 0 Å². The highest BCUT2D eigenvalue weighted by molar-refractivity contribution is 4.89. The fourth-order valence-corrected chi connectivity index (χ4v) is 2.15. The number of hydrogen-bond donors (Lipinski definition) is 1. The van der Waals surface area contributed by atoms with E-state index in [4.69, 9.17) is 4.74 Å². The number of rotatable bonds is 4. The van der Waals surface area contributed by atoms with E-state index in [1.807, 2.05) is 0 Å². The molecule has 1 unspecified atom stereocenters. The molecule has 0 aromatic rings. The summed E-state index contributed by atoms with van der Waals surface area (Å²) in [6.45, 7) is 6.70. The second kappa shape index (κ2) is 4.43. The van der Waals surface area contributed by atoms with Gasteiger partial charge in [-0.3, -0.25) is 0 Å². The van der Waals surface area contributed by atoms with Crippen LogP contribution in [0, 0.1) is 5.92 Å². The molecule has 1 fully saturated rings. The van der Waals surface area contributed by atoms with Crippen molar-refractivity contribution in [3.05, 3.63) is 0 Å². The molecule has 1 aliphatic rings. The Hall–Kier alpha value is -0.0800. The molecule has 0 radical (unpaired) electrons. The Bertz CT molecular complexity index is 146. The maximum Gasteiger partial charge on any atom is 0.0745 e. The van der Waals surface area contributed by atoms with Crippen molar-refractivity contribution in [1.29, 1.82) is 0 Å². The van der Waals surface area contributed by atoms with E-state index in [9.17, 15) is 5.11 Å². The highest BCUT2D eigenvalue weighted by atomic mass is 16.5. The van der Waals surface area contributed by atoms with Crippen molar-refractivity contribution in [3.63, 3.8) is 0 Å². The molecule has 2 heteroatoms. The van der Waals surface area contributed by atoms with Crippen molar-refractivity contribution < 1.29 is 9.84 Å². The molecule has 0 heterocycles. The van der Waals surface area contributed by atoms with E-state index in [1.165, 1.54) is 12.8 Å². The Morgan fingerprint density at radius 2 is 1.77 bits per heavy atom. The summed E-state index contributed by atoms with van der Waals surface area (Å²) in [5.74, 6) is 0.564. The average Bonchev–Trinajstić information content (AvgIpc) is 2.50. The molecule has 0 aromatic heterocycles. The quantitative estimate of drug-likeness (QED) is 0.730. The standard InChI is InChI=1S/C11H22O2/c1-9(2)11(6-4-5-7-11)13-8-10(3)12/h9-10,12H,4-8H2,1-3H3. The van der Waals surface area contributed by atoms with Crippen molar-refractivity contribution >= 4 is 0 Å². The summed E-state index contributed by atoms with van der Waals surface area (Å²) in [7, 11) is 0. The molecule has 0 aliphatic heterocycles. The molecule has 1 saturated carbocycles. The lowest BCUT2D eigenvalue weighted by molar-refractivity contribution is -0.0985. The predicted molar refractivity (Wildman–Crippen MR) is 53.7 cm³/mol. The van der Waals surface area contributed by atoms with Gasteiger partial charge in [0.05, 0.1) is 18.3 Å². The minimum Gasteiger partial charge on any atom is -0.391 e. The van der Waals surface area contributed by atoms with Crippen LogP contribution in [0.3, 0.4) is 0 Å². The second-order valence-electron chi connectivity index (χ2n) is 4.59. The van der Waals surface area contributed by atoms with E-state index in [0.29, 0.717) is 12.5 Å². The molecule has 13 heavy (non-hydrogen) atoms. The van der Waals surface area contributed by atoms with Gasteiger partial charge in [0.1, 0.15) is 0 Å². The van der Waals surface area contributed by atoms with Crippen molar-refractivity contribution in [2.45, 2.75) is 58.2 Å². The van der Waals surface area contributed by atoms with Crippen LogP contribution in [0.5, 0.6) is 0 Å². The van der Waals surface area contributed by atoms with Gasteiger partial charge in [0, 0.05) is 0 Å². The third-order valence-corrected chi connectivity index (χ3v) is 3.11. The van der Waals surface area contributed by atoms with Gasteiger partial charge in [-0.1, -0.05) is 26.7 Å². The monoisotopic (exact) mass is 186 g/mol. The first-order valence-corrected chi connectivity index (χ1v) is 5.39. The van der Waals surface area contributed by atoms with E-state index in [1.54, 1.807) is 6.92 Å². The van der Waals surface area contributed by atoms with Crippen LogP contribution >= 0.6 is 0 Å². The summed E-state index contributed by atoms with van der Waals surface area (Å²) < 4.78 is 5.86. The van der Waals surface area contributed by atoms with Crippen LogP contribution in [0.15, 0.2) is 0 Å². The molecule has 0 bridgehead atoms. The second-order valence-corrected chi connectivity index (χ2v) is 4.59. The van der Waals surface area contributed by atoms with Gasteiger partial charge in [-0.25, -0.2) is 0 Å². The first kappa shape index (κ1) is 11.0. The molecule has 0 amide bonds. The smallest absolute Gasteiger partial charge is 0.0745 e. The first-order valence-electron chi connectivity index (χ1n) is 5.39. The number of aliphatic hydroxyl groups is 1. The topological polar surface area (TPSA) is 29.5 Å². The Morgan fingerprint density at radius 3 is 2.15 bits per heavy atom. The maximum atomic E-state index is 9.18. The van der Waals surface area contributed by atoms with Crippen molar-refractivity contribution in [3.8, 4) is 0 Å². The zero-order valence-corrected chi connectivity index (χ0v) is 9.05. The minimum atomic E-state index is -0.337. The number of ether oxygens (including phenoxy) is 1. The lowest BCUT2D eigenvalue weighted by Gasteiger charge is -2.34. The molecule has 78 valence electrons. The summed E-state index contributed by atoms with van der Waals surface area (Å²) in [4.78, 5) is 0. The zero-order valence-electron chi connectivity index (χ0n) is 9.05. The van der Waals surface area contributed by atoms with Gasteiger partial charge in [-0.2, -0.15) is 0 Å². The minimum absolute atomic E-state index is 0.0665. The Balaban J connectivity index is 2.47. The van der Waals surface area contributed by atoms with E-state index in [2.05, 4.69) is 13.8 Å². The Kier molecular flexibility index (Phi) is 3.74. The molecule has 0 aromatic carbocycles. The summed E-state index contributed by atoms with van der Waals surface area (Å²) in [5.41, 5.74) is 0.0665. The largest absolute Gasteiger partial charge is 0.391 e. The van der Waals surface area contributed by atoms with E-state index >= 15 is 0 Å². The number of hydrogen-bond acceptors (Lipinski definition) is 2. The third-order valence-electron chi connectivity index (χ3n) is 3.11. The summed E-state index contributed by atoms with van der Waals surface area (Å²) >= 11 is 0. The summed E-state index contributed by atoms with van der Waals surface area (Å²) in [6.07, 6.45) is 4.54. The van der Waals surface area contributed by atoms with Crippen molar-refractivity contribution in [1.82, 2.24) is 0 Å². The summed E-state index contributed by atoms with van der Waals surface area (Å²) in [6, 6.07) is 0. The molecule has 1 rings (SSSR count). The third kappa shape index (κ3) is 2.68. The molecular weight excluding hydrogens is 164 g/mol. The van der Waals surface area contributed by atoms with Crippen molar-refractivity contribution in [2.24, 2.45) is 5.92 Å². The van der Waals surface area contributed by atoms with E-state index in [0.717, 1.165) is 12.8 Å². The van der Waals surface area contributed by atoms with Crippen LogP contribution in [0.4, 0.5) is 0 Å². The van der Waals surface area contributed by atoms with E-state index < -0.39 is 0 Å². The van der Waals surface area contributed by atoms with Gasteiger partial charge < -0.3 is 9.84 Å². The number of aliphatic hydroxyl groups excluding tert-OH is 1. The van der Waals surface area contributed by atoms with Crippen LogP contribution in [0.1, 0.15) is 46.5 Å². The zero-order chi connectivity index (χ0) is 9.90. The van der Waals surface area contributed by atoms with Crippen LogP contribution in [0.2, 0.25) is 0 Å². The normalized spacial score (nSPS) is 23.8. The lowest BCUT2D eigenvalue weighted by atomic mass is 9.88. The van der Waals surface area contributed by atoms with Gasteiger partial charge in [0.15, 0.2) is 0 Å². The fraction of sp³-hybridized carbons (Fsp3) is 1.00. The molecule has 0 spiro atoms. The predicted octanol–water partition coefficient (Wildman–Crippen LogP) is 2.35. The highest BCUT2D eigenvalue weighted by Crippen LogP contribution is 2.39. The van der Waals surface area contributed by atoms with Gasteiger partial charge >= 0.3 is 0 Å². The Labute approximate surface area is 81.3 Å². The molecule has 1 atom stereocenters. The highest BCUT2D eigenvalue weighted by Gasteiger charge is 2.37. The molecule has 1 aliphatic carbocycles. The van der Waals surface area contributed by atoms with Crippen molar-refractivity contribution in [2.75, 3.05) is 6.61 Å². The van der Waals surface area contributed by atoms with Gasteiger partial charge in [-0.05, 0) is 25.7 Å². The maximum absolute atomic E-state index is 9.18. The lowest BCUT2D eigenvalue weighted by Crippen LogP contribution is -2.37. The molecular formula is C11H22O2. The van der Waals surface area contributed by atoms with Gasteiger partial charge in [0.25, 0.3) is 0 Å². The average molecular weight is 186 g/mol. The van der Waals surface area contributed by atoms with Gasteiger partial charge in [-0.15, -0.1) is 0 Å². The molecule has 1 N–H and O–H groups in total. The van der Waals surface area contributed by atoms with Crippen LogP contribution < -0.4 is 0 Å². The summed E-state index contributed by atoms with van der Waals surface area (Å²) in [5, 5.41) is 9.18. The molecule has 0 saturated heterocycles. The first-order chi connectivity index (χ1) is 6.07. The molecule has 2 nitrogen and oxygen atoms in total. The fourth-order valence-electron chi connectivity index (χ4n) is 2.15. The van der Waals surface area contributed by atoms with Crippen LogP contribution in [-0.2, 0) is 4.74 Å².